The molecule has 114 valence electrons. The second kappa shape index (κ2) is 5.79. The quantitative estimate of drug-likeness (QED) is 0.479. The Morgan fingerprint density at radius 2 is 2.05 bits per heavy atom. The fourth-order valence-electron chi connectivity index (χ4n) is 3.65. The summed E-state index contributed by atoms with van der Waals surface area (Å²) in [5, 5.41) is 11.2. The third-order valence-electron chi connectivity index (χ3n) is 4.91. The average Bonchev–Trinajstić information content (AvgIpc) is 2.75. The molecule has 2 aliphatic carbocycles. The Morgan fingerprint density at radius 3 is 2.67 bits per heavy atom. The van der Waals surface area contributed by atoms with Crippen LogP contribution in [0.25, 0.3) is 0 Å². The predicted molar refractivity (Wildman–Crippen MR) is 79.7 cm³/mol. The van der Waals surface area contributed by atoms with Gasteiger partial charge in [0.25, 0.3) is 0 Å². The van der Waals surface area contributed by atoms with Gasteiger partial charge in [-0.2, -0.15) is 0 Å². The molecule has 1 heterocycles. The number of pyridine rings is 1. The van der Waals surface area contributed by atoms with Gasteiger partial charge in [0.05, 0.1) is 0 Å². The second-order valence-electron chi connectivity index (χ2n) is 6.04. The maximum absolute atomic E-state index is 11.0. The Kier molecular flexibility index (Phi) is 4.02. The molecule has 0 aromatic carbocycles. The highest BCUT2D eigenvalue weighted by atomic mass is 35.5. The molecular weight excluding hydrogens is 292 g/mol. The second-order valence-corrected chi connectivity index (χ2v) is 6.57. The van der Waals surface area contributed by atoms with Gasteiger partial charge in [0.2, 0.25) is 5.75 Å². The van der Waals surface area contributed by atoms with Crippen LogP contribution in [0.15, 0.2) is 18.3 Å². The van der Waals surface area contributed by atoms with Crippen LogP contribution in [0.4, 0.5) is 5.82 Å². The maximum atomic E-state index is 11.0. The number of rotatable bonds is 3. The summed E-state index contributed by atoms with van der Waals surface area (Å²) in [7, 11) is 0. The lowest BCUT2D eigenvalue weighted by Gasteiger charge is -2.52. The Morgan fingerprint density at radius 1 is 1.33 bits per heavy atom. The predicted octanol–water partition coefficient (Wildman–Crippen LogP) is 4.09. The highest BCUT2D eigenvalue weighted by Gasteiger charge is 2.55. The highest BCUT2D eigenvalue weighted by Crippen LogP contribution is 2.55. The van der Waals surface area contributed by atoms with Crippen molar-refractivity contribution in [1.82, 2.24) is 4.98 Å². The lowest BCUT2D eigenvalue weighted by molar-refractivity contribution is -0.391. The number of hydrogen-bond donors (Lipinski definition) is 0. The van der Waals surface area contributed by atoms with E-state index in [9.17, 15) is 10.1 Å². The van der Waals surface area contributed by atoms with Crippen LogP contribution in [-0.4, -0.2) is 21.4 Å². The molecule has 2 atom stereocenters. The lowest BCUT2D eigenvalue weighted by Crippen LogP contribution is -2.57. The molecule has 2 saturated carbocycles. The minimum absolute atomic E-state index is 0.0121. The smallest absolute Gasteiger partial charge is 0.406 e. The normalized spacial score (nSPS) is 27.7. The summed E-state index contributed by atoms with van der Waals surface area (Å²) in [6.07, 6.45) is 9.07. The van der Waals surface area contributed by atoms with Crippen LogP contribution in [0, 0.1) is 15.5 Å². The van der Waals surface area contributed by atoms with E-state index in [2.05, 4.69) is 4.98 Å². The fraction of sp³-hybridized carbons (Fsp3) is 0.667. The summed E-state index contributed by atoms with van der Waals surface area (Å²) < 4.78 is 5.97. The molecule has 1 spiro atoms. The van der Waals surface area contributed by atoms with E-state index in [1.807, 2.05) is 0 Å². The van der Waals surface area contributed by atoms with Gasteiger partial charge < -0.3 is 14.9 Å². The van der Waals surface area contributed by atoms with Crippen molar-refractivity contribution in [3.05, 3.63) is 28.4 Å². The molecule has 0 aliphatic heterocycles. The van der Waals surface area contributed by atoms with Gasteiger partial charge in [-0.05, 0) is 34.9 Å². The van der Waals surface area contributed by atoms with E-state index in [1.54, 1.807) is 12.1 Å². The number of nitro groups is 1. The number of halogens is 1. The van der Waals surface area contributed by atoms with Crippen LogP contribution >= 0.6 is 11.6 Å². The van der Waals surface area contributed by atoms with Crippen LogP contribution in [0.3, 0.4) is 0 Å². The summed E-state index contributed by atoms with van der Waals surface area (Å²) >= 11 is 6.49. The van der Waals surface area contributed by atoms with Crippen molar-refractivity contribution in [2.75, 3.05) is 0 Å². The number of hydrogen-bond acceptors (Lipinski definition) is 4. The van der Waals surface area contributed by atoms with Crippen molar-refractivity contribution in [3.8, 4) is 5.75 Å². The molecule has 2 fully saturated rings. The maximum Gasteiger partial charge on any atom is 0.406 e. The van der Waals surface area contributed by atoms with Gasteiger partial charge in [0.1, 0.15) is 12.3 Å². The van der Waals surface area contributed by atoms with Crippen LogP contribution < -0.4 is 4.74 Å². The van der Waals surface area contributed by atoms with E-state index < -0.39 is 4.92 Å². The highest BCUT2D eigenvalue weighted by molar-refractivity contribution is 6.21. The Bertz CT molecular complexity index is 529. The molecule has 0 radical (unpaired) electrons. The first-order chi connectivity index (χ1) is 10.1. The van der Waals surface area contributed by atoms with Gasteiger partial charge in [0.15, 0.2) is 0 Å². The largest absolute Gasteiger partial charge is 0.482 e. The van der Waals surface area contributed by atoms with Gasteiger partial charge >= 0.3 is 5.82 Å². The minimum atomic E-state index is -0.494. The molecule has 5 nitrogen and oxygen atoms in total. The first-order valence-electron chi connectivity index (χ1n) is 7.53. The number of alkyl halides is 1. The summed E-state index contributed by atoms with van der Waals surface area (Å²) in [5.41, 5.74) is -0.0121. The summed E-state index contributed by atoms with van der Waals surface area (Å²) in [6, 6.07) is 3.29. The Labute approximate surface area is 128 Å². The van der Waals surface area contributed by atoms with Crippen LogP contribution in [-0.2, 0) is 0 Å². The zero-order chi connectivity index (χ0) is 14.9. The average molecular weight is 311 g/mol. The monoisotopic (exact) mass is 310 g/mol. The molecule has 6 heteroatoms. The molecule has 2 unspecified atom stereocenters. The van der Waals surface area contributed by atoms with Gasteiger partial charge in [-0.15, -0.1) is 11.6 Å². The molecule has 0 saturated heterocycles. The number of nitrogens with zero attached hydrogens (tertiary/aromatic N) is 2. The molecule has 2 aliphatic rings. The Balaban J connectivity index is 1.80. The summed E-state index contributed by atoms with van der Waals surface area (Å²) in [4.78, 5) is 14.3. The third kappa shape index (κ3) is 2.59. The van der Waals surface area contributed by atoms with Gasteiger partial charge in [-0.1, -0.05) is 25.7 Å². The standard InChI is InChI=1S/C15H19ClN2O3/c16-12-10-13(15(12)7-3-1-2-4-8-15)21-11-6-5-9-17-14(11)18(19)20/h5-6,9,12-13H,1-4,7-8,10H2. The molecule has 0 N–H and O–H groups in total. The first kappa shape index (κ1) is 14.6. The van der Waals surface area contributed by atoms with E-state index in [0.717, 1.165) is 32.1 Å². The zero-order valence-electron chi connectivity index (χ0n) is 11.8. The molecule has 0 amide bonds. The van der Waals surface area contributed by atoms with Crippen molar-refractivity contribution >= 4 is 17.4 Å². The van der Waals surface area contributed by atoms with Gasteiger partial charge in [0, 0.05) is 17.2 Å². The van der Waals surface area contributed by atoms with E-state index in [0.29, 0.717) is 0 Å². The van der Waals surface area contributed by atoms with E-state index in [1.165, 1.54) is 19.0 Å². The molecule has 1 aromatic heterocycles. The third-order valence-corrected chi connectivity index (χ3v) is 5.53. The lowest BCUT2D eigenvalue weighted by atomic mass is 9.61. The summed E-state index contributed by atoms with van der Waals surface area (Å²) in [5.74, 6) is 0.0546. The SMILES string of the molecule is O=[N+]([O-])c1ncccc1OC1CC(Cl)C12CCCCCC2. The van der Waals surface area contributed by atoms with Crippen molar-refractivity contribution in [1.29, 1.82) is 0 Å². The molecule has 21 heavy (non-hydrogen) atoms. The van der Waals surface area contributed by atoms with E-state index in [4.69, 9.17) is 16.3 Å². The van der Waals surface area contributed by atoms with E-state index in [-0.39, 0.29) is 28.5 Å². The minimum Gasteiger partial charge on any atom is -0.482 e. The molecule has 1 aromatic rings. The fourth-order valence-corrected chi connectivity index (χ4v) is 4.17. The molecular formula is C15H19ClN2O3. The van der Waals surface area contributed by atoms with Crippen molar-refractivity contribution < 1.29 is 9.66 Å². The molecule has 3 rings (SSSR count). The topological polar surface area (TPSA) is 65.3 Å². The van der Waals surface area contributed by atoms with Crippen molar-refractivity contribution in [2.24, 2.45) is 5.41 Å². The van der Waals surface area contributed by atoms with Gasteiger partial charge in [-0.3, -0.25) is 0 Å². The van der Waals surface area contributed by atoms with Crippen LogP contribution in [0.1, 0.15) is 44.9 Å². The number of aromatic nitrogens is 1. The van der Waals surface area contributed by atoms with Crippen LogP contribution in [0.5, 0.6) is 5.75 Å². The first-order valence-corrected chi connectivity index (χ1v) is 7.97. The number of ether oxygens (including phenoxy) is 1. The van der Waals surface area contributed by atoms with Crippen LogP contribution in [0.2, 0.25) is 0 Å². The van der Waals surface area contributed by atoms with Crippen molar-refractivity contribution in [3.63, 3.8) is 0 Å². The van der Waals surface area contributed by atoms with Crippen molar-refractivity contribution in [2.45, 2.75) is 56.4 Å². The summed E-state index contributed by atoms with van der Waals surface area (Å²) in [6.45, 7) is 0. The zero-order valence-corrected chi connectivity index (χ0v) is 12.6. The Hall–Kier alpha value is -1.36. The van der Waals surface area contributed by atoms with Gasteiger partial charge in [-0.25, -0.2) is 0 Å². The van der Waals surface area contributed by atoms with E-state index >= 15 is 0 Å². The molecule has 0 bridgehead atoms.